The Kier molecular flexibility index (Phi) is 7.59. The van der Waals surface area contributed by atoms with Gasteiger partial charge in [0.1, 0.15) is 11.9 Å². The highest BCUT2D eigenvalue weighted by Crippen LogP contribution is 2.22. The lowest BCUT2D eigenvalue weighted by Crippen LogP contribution is -2.39. The Hall–Kier alpha value is -3.62. The van der Waals surface area contributed by atoms with Gasteiger partial charge >= 0.3 is 0 Å². The van der Waals surface area contributed by atoms with Crippen molar-refractivity contribution in [2.45, 2.75) is 0 Å². The summed E-state index contributed by atoms with van der Waals surface area (Å²) in [4.78, 5) is 23.2. The Morgan fingerprint density at radius 2 is 2.07 bits per heavy atom. The summed E-state index contributed by atoms with van der Waals surface area (Å²) in [6, 6.07) is 1.88. The highest BCUT2D eigenvalue weighted by Gasteiger charge is 2.13. The summed E-state index contributed by atoms with van der Waals surface area (Å²) in [6.07, 6.45) is 7.82. The molecule has 0 radical (unpaired) electrons. The maximum absolute atomic E-state index is 8.82. The minimum absolute atomic E-state index is 0.0962. The maximum Gasteiger partial charge on any atom is 0.232 e. The second-order valence-electron chi connectivity index (χ2n) is 6.38. The van der Waals surface area contributed by atoms with E-state index in [-0.39, 0.29) is 5.82 Å². The summed E-state index contributed by atoms with van der Waals surface area (Å²) >= 11 is 0. The largest absolute Gasteiger partial charge is 0.404 e. The third-order valence-corrected chi connectivity index (χ3v) is 4.38. The third-order valence-electron chi connectivity index (χ3n) is 4.38. The molecule has 1 aliphatic heterocycles. The van der Waals surface area contributed by atoms with E-state index in [1.54, 1.807) is 19.5 Å². The lowest BCUT2D eigenvalue weighted by molar-refractivity contribution is 0.0398. The molecule has 30 heavy (non-hydrogen) atoms. The van der Waals surface area contributed by atoms with Crippen LogP contribution in [0.25, 0.3) is 5.57 Å². The molecule has 1 saturated heterocycles. The average Bonchev–Trinajstić information content (AvgIpc) is 2.79. The first-order valence-corrected chi connectivity index (χ1v) is 9.48. The quantitative estimate of drug-likeness (QED) is 0.530. The van der Waals surface area contributed by atoms with Crippen LogP contribution in [-0.2, 0) is 4.74 Å². The summed E-state index contributed by atoms with van der Waals surface area (Å²) in [5, 5.41) is 15.2. The monoisotopic (exact) mass is 408 g/mol. The number of anilines is 3. The van der Waals surface area contributed by atoms with Gasteiger partial charge in [0.25, 0.3) is 0 Å². The van der Waals surface area contributed by atoms with Gasteiger partial charge in [-0.05, 0) is 0 Å². The molecule has 0 spiro atoms. The van der Waals surface area contributed by atoms with Gasteiger partial charge in [0, 0.05) is 63.0 Å². The van der Waals surface area contributed by atoms with Crippen LogP contribution in [0.4, 0.5) is 17.5 Å². The fraction of sp³-hybridized carbons (Fsp3) is 0.368. The van der Waals surface area contributed by atoms with E-state index in [1.165, 1.54) is 18.6 Å². The van der Waals surface area contributed by atoms with Crippen LogP contribution in [0.5, 0.6) is 0 Å². The Balaban J connectivity index is 1.77. The number of nitriles is 1. The summed E-state index contributed by atoms with van der Waals surface area (Å²) in [5.74, 6) is 1.09. The number of nitrogens with two attached hydrogens (primary N) is 1. The van der Waals surface area contributed by atoms with Gasteiger partial charge in [0.2, 0.25) is 11.8 Å². The van der Waals surface area contributed by atoms with E-state index >= 15 is 0 Å². The molecule has 0 amide bonds. The third kappa shape index (κ3) is 5.69. The van der Waals surface area contributed by atoms with Crippen molar-refractivity contribution in [2.75, 3.05) is 57.1 Å². The lowest BCUT2D eigenvalue weighted by Gasteiger charge is -2.26. The molecule has 3 rings (SSSR count). The zero-order valence-electron chi connectivity index (χ0n) is 16.7. The van der Waals surface area contributed by atoms with Crippen LogP contribution in [0.3, 0.4) is 0 Å². The molecule has 4 N–H and O–H groups in total. The first-order valence-electron chi connectivity index (χ1n) is 9.48. The van der Waals surface area contributed by atoms with Crippen LogP contribution in [0, 0.1) is 11.3 Å². The molecule has 0 aromatic carbocycles. The van der Waals surface area contributed by atoms with E-state index in [4.69, 9.17) is 15.7 Å². The molecule has 3 heterocycles. The Bertz CT molecular complexity index is 929. The topological polar surface area (TPSA) is 150 Å². The van der Waals surface area contributed by atoms with Gasteiger partial charge in [-0.3, -0.25) is 9.89 Å². The normalized spacial score (nSPS) is 15.1. The molecule has 156 valence electrons. The van der Waals surface area contributed by atoms with Crippen molar-refractivity contribution < 1.29 is 4.74 Å². The van der Waals surface area contributed by atoms with Gasteiger partial charge in [-0.1, -0.05) is 0 Å². The highest BCUT2D eigenvalue weighted by atomic mass is 16.5. The summed E-state index contributed by atoms with van der Waals surface area (Å²) in [5.41, 5.74) is 7.80. The van der Waals surface area contributed by atoms with Gasteiger partial charge < -0.3 is 21.1 Å². The van der Waals surface area contributed by atoms with Crippen molar-refractivity contribution in [2.24, 2.45) is 10.7 Å². The number of ether oxygens (including phenoxy) is 1. The predicted molar refractivity (Wildman–Crippen MR) is 114 cm³/mol. The lowest BCUT2D eigenvalue weighted by atomic mass is 10.1. The van der Waals surface area contributed by atoms with Crippen LogP contribution >= 0.6 is 0 Å². The van der Waals surface area contributed by atoms with Gasteiger partial charge in [-0.2, -0.15) is 10.2 Å². The number of hydrogen-bond donors (Lipinski definition) is 3. The van der Waals surface area contributed by atoms with E-state index in [9.17, 15) is 0 Å². The molecule has 0 unspecified atom stereocenters. The molecule has 0 bridgehead atoms. The summed E-state index contributed by atoms with van der Waals surface area (Å²) in [7, 11) is 1.68. The molecule has 2 aromatic heterocycles. The number of allylic oxidation sites excluding steroid dienone is 1. The number of hydrogen-bond acceptors (Lipinski definition) is 11. The molecule has 0 aliphatic carbocycles. The van der Waals surface area contributed by atoms with E-state index < -0.39 is 0 Å². The maximum atomic E-state index is 8.82. The van der Waals surface area contributed by atoms with Crippen molar-refractivity contribution in [3.63, 3.8) is 0 Å². The second kappa shape index (κ2) is 10.8. The highest BCUT2D eigenvalue weighted by molar-refractivity contribution is 6.11. The van der Waals surface area contributed by atoms with Crippen molar-refractivity contribution in [3.05, 3.63) is 36.2 Å². The van der Waals surface area contributed by atoms with Crippen LogP contribution in [-0.4, -0.2) is 77.5 Å². The average molecular weight is 408 g/mol. The molecular weight excluding hydrogens is 384 g/mol. The van der Waals surface area contributed by atoms with Crippen LogP contribution in [0.2, 0.25) is 0 Å². The number of aliphatic imine (C=N–C) groups is 1. The Labute approximate surface area is 174 Å². The van der Waals surface area contributed by atoms with E-state index in [1.807, 2.05) is 6.07 Å². The molecule has 11 nitrogen and oxygen atoms in total. The van der Waals surface area contributed by atoms with Crippen LogP contribution in [0.1, 0.15) is 11.4 Å². The molecule has 0 saturated carbocycles. The smallest absolute Gasteiger partial charge is 0.232 e. The number of nitrogens with zero attached hydrogens (tertiary/aromatic N) is 7. The fourth-order valence-electron chi connectivity index (χ4n) is 2.87. The minimum Gasteiger partial charge on any atom is -0.404 e. The first kappa shape index (κ1) is 21.1. The number of rotatable bonds is 8. The molecule has 1 fully saturated rings. The minimum atomic E-state index is 0.0962. The number of nitrogens with one attached hydrogen (secondary N) is 2. The van der Waals surface area contributed by atoms with Crippen LogP contribution < -0.4 is 16.4 Å². The molecule has 1 aliphatic rings. The summed E-state index contributed by atoms with van der Waals surface area (Å²) < 4.78 is 5.39. The van der Waals surface area contributed by atoms with E-state index in [0.717, 1.165) is 38.4 Å². The molecule has 2 aromatic rings. The van der Waals surface area contributed by atoms with E-state index in [0.29, 0.717) is 29.6 Å². The van der Waals surface area contributed by atoms with Crippen molar-refractivity contribution in [1.82, 2.24) is 24.8 Å². The van der Waals surface area contributed by atoms with Gasteiger partial charge in [-0.15, -0.1) is 0 Å². The zero-order valence-corrected chi connectivity index (χ0v) is 16.7. The first-order chi connectivity index (χ1) is 14.7. The van der Waals surface area contributed by atoms with Crippen molar-refractivity contribution in [1.29, 1.82) is 5.26 Å². The van der Waals surface area contributed by atoms with Crippen molar-refractivity contribution in [3.8, 4) is 6.07 Å². The van der Waals surface area contributed by atoms with Gasteiger partial charge in [0.05, 0.1) is 31.3 Å². The number of aromatic nitrogens is 4. The molecular formula is C19H24N10O. The van der Waals surface area contributed by atoms with Gasteiger partial charge in [-0.25, -0.2) is 15.0 Å². The zero-order chi connectivity index (χ0) is 21.2. The van der Waals surface area contributed by atoms with Crippen molar-refractivity contribution >= 4 is 29.2 Å². The van der Waals surface area contributed by atoms with Gasteiger partial charge in [0.15, 0.2) is 0 Å². The summed E-state index contributed by atoms with van der Waals surface area (Å²) in [6.45, 7) is 4.91. The Morgan fingerprint density at radius 1 is 1.30 bits per heavy atom. The predicted octanol–water partition coefficient (Wildman–Crippen LogP) is 0.626. The SMILES string of the molecule is CN=CC(=CN)c1cnc(Nc2cnc(C#N)nc2)nc1NCCN1CCOCC1. The number of morpholine rings is 1. The fourth-order valence-corrected chi connectivity index (χ4v) is 2.87. The molecule has 11 heteroatoms. The standard InChI is InChI=1S/C19H24N10O/c1-22-10-14(8-20)16-13-26-19(27-15-11-24-17(9-21)25-12-15)28-18(16)23-2-3-29-4-6-30-7-5-29/h8,10-13H,2-7,20H2,1H3,(H2,23,26,27,28). The second-order valence-corrected chi connectivity index (χ2v) is 6.38. The van der Waals surface area contributed by atoms with Crippen LogP contribution in [0.15, 0.2) is 29.8 Å². The van der Waals surface area contributed by atoms with E-state index in [2.05, 4.69) is 40.5 Å². The molecule has 0 atom stereocenters. The Morgan fingerprint density at radius 3 is 2.73 bits per heavy atom.